The Balaban J connectivity index is 1.71. The van der Waals surface area contributed by atoms with Crippen molar-refractivity contribution in [3.8, 4) is 0 Å². The Labute approximate surface area is 120 Å². The second-order valence-corrected chi connectivity index (χ2v) is 5.39. The molecule has 4 nitrogen and oxygen atoms in total. The molecule has 0 spiro atoms. The number of morpholine rings is 1. The molecule has 1 aromatic carbocycles. The summed E-state index contributed by atoms with van der Waals surface area (Å²) in [4.78, 5) is 2.48. The Morgan fingerprint density at radius 2 is 2.00 bits per heavy atom. The molecule has 1 fully saturated rings. The molecule has 4 heteroatoms. The largest absolute Gasteiger partial charge is 0.379 e. The van der Waals surface area contributed by atoms with Gasteiger partial charge in [0.15, 0.2) is 0 Å². The number of hydrogen-bond acceptors (Lipinski definition) is 3. The molecule has 3 rings (SSSR count). The van der Waals surface area contributed by atoms with Gasteiger partial charge < -0.3 is 14.6 Å². The molecule has 0 atom stereocenters. The van der Waals surface area contributed by atoms with Crippen molar-refractivity contribution in [3.63, 3.8) is 0 Å². The van der Waals surface area contributed by atoms with E-state index in [9.17, 15) is 0 Å². The van der Waals surface area contributed by atoms with Crippen molar-refractivity contribution in [2.75, 3.05) is 39.9 Å². The minimum Gasteiger partial charge on any atom is -0.379 e. The third-order valence-corrected chi connectivity index (χ3v) is 3.98. The molecule has 0 saturated carbocycles. The fraction of sp³-hybridized carbons (Fsp3) is 0.500. The molecule has 0 aliphatic carbocycles. The highest BCUT2D eigenvalue weighted by atomic mass is 16.5. The van der Waals surface area contributed by atoms with Gasteiger partial charge in [0.1, 0.15) is 0 Å². The van der Waals surface area contributed by atoms with Crippen LogP contribution in [0.1, 0.15) is 5.56 Å². The predicted octanol–water partition coefficient (Wildman–Crippen LogP) is 1.69. The number of nitrogens with zero attached hydrogens (tertiary/aromatic N) is 2. The Bertz CT molecular complexity index is 558. The van der Waals surface area contributed by atoms with E-state index in [-0.39, 0.29) is 0 Å². The summed E-state index contributed by atoms with van der Waals surface area (Å²) in [7, 11) is 1.99. The minimum absolute atomic E-state index is 0.874. The Morgan fingerprint density at radius 1 is 1.15 bits per heavy atom. The summed E-state index contributed by atoms with van der Waals surface area (Å²) >= 11 is 0. The lowest BCUT2D eigenvalue weighted by atomic mass is 10.1. The lowest BCUT2D eigenvalue weighted by Gasteiger charge is -2.26. The SMILES string of the molecule is CNCc1ccc2ccn(CCN3CCOCC3)c2c1. The number of ether oxygens (including phenoxy) is 1. The van der Waals surface area contributed by atoms with Gasteiger partial charge in [-0.2, -0.15) is 0 Å². The molecule has 2 heterocycles. The normalized spacial score (nSPS) is 16.9. The number of benzene rings is 1. The monoisotopic (exact) mass is 273 g/mol. The van der Waals surface area contributed by atoms with Gasteiger partial charge in [-0.3, -0.25) is 4.90 Å². The van der Waals surface area contributed by atoms with E-state index in [2.05, 4.69) is 45.2 Å². The number of hydrogen-bond donors (Lipinski definition) is 1. The van der Waals surface area contributed by atoms with Crippen molar-refractivity contribution in [2.45, 2.75) is 13.1 Å². The van der Waals surface area contributed by atoms with E-state index < -0.39 is 0 Å². The Kier molecular flexibility index (Phi) is 4.35. The van der Waals surface area contributed by atoms with Crippen molar-refractivity contribution >= 4 is 10.9 Å². The molecule has 1 aliphatic rings. The van der Waals surface area contributed by atoms with Gasteiger partial charge in [0.25, 0.3) is 0 Å². The molecule has 0 radical (unpaired) electrons. The second-order valence-electron chi connectivity index (χ2n) is 5.39. The highest BCUT2D eigenvalue weighted by Crippen LogP contribution is 2.18. The van der Waals surface area contributed by atoms with Gasteiger partial charge in [0.05, 0.1) is 13.2 Å². The summed E-state index contributed by atoms with van der Waals surface area (Å²) in [6, 6.07) is 8.92. The Hall–Kier alpha value is -1.36. The quantitative estimate of drug-likeness (QED) is 0.899. The average Bonchev–Trinajstić information content (AvgIpc) is 2.89. The summed E-state index contributed by atoms with van der Waals surface area (Å²) < 4.78 is 7.76. The molecule has 0 unspecified atom stereocenters. The lowest BCUT2D eigenvalue weighted by Crippen LogP contribution is -2.38. The van der Waals surface area contributed by atoms with E-state index in [1.165, 1.54) is 16.5 Å². The van der Waals surface area contributed by atoms with Crippen LogP contribution in [0.5, 0.6) is 0 Å². The van der Waals surface area contributed by atoms with Crippen LogP contribution in [0.4, 0.5) is 0 Å². The first-order chi connectivity index (χ1) is 9.86. The van der Waals surface area contributed by atoms with Crippen LogP contribution in [-0.2, 0) is 17.8 Å². The van der Waals surface area contributed by atoms with Crippen LogP contribution in [0.15, 0.2) is 30.5 Å². The van der Waals surface area contributed by atoms with Crippen LogP contribution in [0, 0.1) is 0 Å². The summed E-state index contributed by atoms with van der Waals surface area (Å²) in [6.45, 7) is 6.94. The standard InChI is InChI=1S/C16H23N3O/c1-17-13-14-2-3-15-4-5-19(16(15)12-14)7-6-18-8-10-20-11-9-18/h2-5,12,17H,6-11,13H2,1H3. The number of rotatable bonds is 5. The molecule has 1 aromatic heterocycles. The number of nitrogens with one attached hydrogen (secondary N) is 1. The fourth-order valence-electron chi connectivity index (χ4n) is 2.81. The first kappa shape index (κ1) is 13.6. The third-order valence-electron chi connectivity index (χ3n) is 3.98. The maximum atomic E-state index is 5.39. The van der Waals surface area contributed by atoms with Gasteiger partial charge >= 0.3 is 0 Å². The van der Waals surface area contributed by atoms with E-state index in [1.54, 1.807) is 0 Å². The average molecular weight is 273 g/mol. The first-order valence-corrected chi connectivity index (χ1v) is 7.39. The molecule has 20 heavy (non-hydrogen) atoms. The zero-order chi connectivity index (χ0) is 13.8. The van der Waals surface area contributed by atoms with Gasteiger partial charge in [-0.15, -0.1) is 0 Å². The zero-order valence-electron chi connectivity index (χ0n) is 12.1. The smallest absolute Gasteiger partial charge is 0.0594 e. The molecule has 0 amide bonds. The highest BCUT2D eigenvalue weighted by molar-refractivity contribution is 5.80. The third kappa shape index (κ3) is 3.03. The number of aromatic nitrogens is 1. The van der Waals surface area contributed by atoms with Crippen LogP contribution in [-0.4, -0.2) is 49.4 Å². The van der Waals surface area contributed by atoms with Gasteiger partial charge in [0.2, 0.25) is 0 Å². The summed E-state index contributed by atoms with van der Waals surface area (Å²) in [5.74, 6) is 0. The molecule has 2 aromatic rings. The topological polar surface area (TPSA) is 29.4 Å². The van der Waals surface area contributed by atoms with Crippen LogP contribution in [0.2, 0.25) is 0 Å². The number of fused-ring (bicyclic) bond motifs is 1. The van der Waals surface area contributed by atoms with Crippen molar-refractivity contribution in [1.82, 2.24) is 14.8 Å². The molecular formula is C16H23N3O. The van der Waals surface area contributed by atoms with Crippen molar-refractivity contribution in [3.05, 3.63) is 36.0 Å². The first-order valence-electron chi connectivity index (χ1n) is 7.39. The lowest BCUT2D eigenvalue weighted by molar-refractivity contribution is 0.0365. The van der Waals surface area contributed by atoms with Crippen LogP contribution >= 0.6 is 0 Å². The van der Waals surface area contributed by atoms with Crippen LogP contribution in [0.3, 0.4) is 0 Å². The van der Waals surface area contributed by atoms with Crippen LogP contribution in [0.25, 0.3) is 10.9 Å². The van der Waals surface area contributed by atoms with Crippen molar-refractivity contribution < 1.29 is 4.74 Å². The van der Waals surface area contributed by atoms with E-state index in [4.69, 9.17) is 4.74 Å². The maximum Gasteiger partial charge on any atom is 0.0594 e. The molecular weight excluding hydrogens is 250 g/mol. The molecule has 108 valence electrons. The van der Waals surface area contributed by atoms with Crippen LogP contribution < -0.4 is 5.32 Å². The van der Waals surface area contributed by atoms with Gasteiger partial charge in [-0.1, -0.05) is 12.1 Å². The molecule has 1 saturated heterocycles. The van der Waals surface area contributed by atoms with Crippen molar-refractivity contribution in [1.29, 1.82) is 0 Å². The Morgan fingerprint density at radius 3 is 2.80 bits per heavy atom. The fourth-order valence-corrected chi connectivity index (χ4v) is 2.81. The molecule has 1 N–H and O–H groups in total. The highest BCUT2D eigenvalue weighted by Gasteiger charge is 2.10. The molecule has 1 aliphatic heterocycles. The second kappa shape index (κ2) is 6.39. The summed E-state index contributed by atoms with van der Waals surface area (Å²) in [5.41, 5.74) is 2.68. The minimum atomic E-state index is 0.874. The van der Waals surface area contributed by atoms with Gasteiger partial charge in [0, 0.05) is 44.4 Å². The van der Waals surface area contributed by atoms with E-state index in [0.717, 1.165) is 45.9 Å². The van der Waals surface area contributed by atoms with E-state index in [0.29, 0.717) is 0 Å². The van der Waals surface area contributed by atoms with Gasteiger partial charge in [-0.25, -0.2) is 0 Å². The van der Waals surface area contributed by atoms with Crippen molar-refractivity contribution in [2.24, 2.45) is 0 Å². The maximum absolute atomic E-state index is 5.39. The van der Waals surface area contributed by atoms with E-state index >= 15 is 0 Å². The summed E-state index contributed by atoms with van der Waals surface area (Å²) in [5, 5.41) is 4.54. The predicted molar refractivity (Wildman–Crippen MR) is 82.0 cm³/mol. The van der Waals surface area contributed by atoms with Gasteiger partial charge in [-0.05, 0) is 30.1 Å². The zero-order valence-corrected chi connectivity index (χ0v) is 12.1. The summed E-state index contributed by atoms with van der Waals surface area (Å²) in [6.07, 6.45) is 2.20. The van der Waals surface area contributed by atoms with E-state index in [1.807, 2.05) is 7.05 Å². The molecule has 0 bridgehead atoms.